The third-order valence-electron chi connectivity index (χ3n) is 4.39. The van der Waals surface area contributed by atoms with Crippen LogP contribution < -0.4 is 16.0 Å². The Labute approximate surface area is 187 Å². The molecule has 0 aliphatic heterocycles. The lowest BCUT2D eigenvalue weighted by Gasteiger charge is -2.11. The second kappa shape index (κ2) is 9.61. The van der Waals surface area contributed by atoms with E-state index in [2.05, 4.69) is 16.0 Å². The molecule has 0 spiro atoms. The zero-order chi connectivity index (χ0) is 23.3. The van der Waals surface area contributed by atoms with E-state index in [0.717, 1.165) is 17.7 Å². The number of rotatable bonds is 4. The van der Waals surface area contributed by atoms with Gasteiger partial charge in [-0.15, -0.1) is 0 Å². The molecule has 9 heteroatoms. The largest absolute Gasteiger partial charge is 0.416 e. The highest BCUT2D eigenvalue weighted by Gasteiger charge is 2.30. The molecule has 0 unspecified atom stereocenters. The van der Waals surface area contributed by atoms with Gasteiger partial charge in [0.2, 0.25) is 0 Å². The van der Waals surface area contributed by atoms with Crippen molar-refractivity contribution in [3.8, 4) is 0 Å². The summed E-state index contributed by atoms with van der Waals surface area (Å²) < 4.78 is 38.4. The van der Waals surface area contributed by atoms with Gasteiger partial charge in [0.15, 0.2) is 5.11 Å². The van der Waals surface area contributed by atoms with Crippen LogP contribution in [-0.2, 0) is 6.18 Å². The maximum Gasteiger partial charge on any atom is 0.416 e. The number of thiocarbonyl (C=S) groups is 1. The van der Waals surface area contributed by atoms with Crippen molar-refractivity contribution < 1.29 is 22.8 Å². The smallest absolute Gasteiger partial charge is 0.332 e. The number of hydrogen-bond acceptors (Lipinski definition) is 3. The first-order valence-corrected chi connectivity index (χ1v) is 9.80. The van der Waals surface area contributed by atoms with Crippen molar-refractivity contribution in [1.82, 2.24) is 5.32 Å². The SMILES string of the molecule is Cc1ccc(C(=O)NC(=S)Nc2ccc(C(=O)Nc3cccc(C(F)(F)F)c3)cc2)cc1. The minimum atomic E-state index is -4.50. The quantitative estimate of drug-likeness (QED) is 0.460. The normalized spacial score (nSPS) is 10.9. The van der Waals surface area contributed by atoms with E-state index in [1.54, 1.807) is 24.3 Å². The van der Waals surface area contributed by atoms with Crippen LogP contribution in [0.1, 0.15) is 31.8 Å². The monoisotopic (exact) mass is 457 g/mol. The van der Waals surface area contributed by atoms with Gasteiger partial charge >= 0.3 is 6.18 Å². The van der Waals surface area contributed by atoms with Crippen LogP contribution in [0, 0.1) is 6.92 Å². The van der Waals surface area contributed by atoms with Crippen LogP contribution in [0.2, 0.25) is 0 Å². The lowest BCUT2D eigenvalue weighted by atomic mass is 10.1. The Kier molecular flexibility index (Phi) is 6.89. The van der Waals surface area contributed by atoms with Crippen LogP contribution in [0.15, 0.2) is 72.8 Å². The van der Waals surface area contributed by atoms with E-state index < -0.39 is 17.6 Å². The summed E-state index contributed by atoms with van der Waals surface area (Å²) >= 11 is 5.14. The number of carbonyl (C=O) groups excluding carboxylic acids is 2. The van der Waals surface area contributed by atoms with E-state index in [-0.39, 0.29) is 22.3 Å². The van der Waals surface area contributed by atoms with Gasteiger partial charge < -0.3 is 10.6 Å². The molecule has 0 saturated heterocycles. The zero-order valence-electron chi connectivity index (χ0n) is 16.8. The van der Waals surface area contributed by atoms with Gasteiger partial charge in [0.05, 0.1) is 5.56 Å². The first kappa shape index (κ1) is 23.0. The van der Waals surface area contributed by atoms with Crippen LogP contribution in [0.4, 0.5) is 24.5 Å². The number of alkyl halides is 3. The molecule has 3 N–H and O–H groups in total. The van der Waals surface area contributed by atoms with Gasteiger partial charge in [-0.05, 0) is 73.7 Å². The summed E-state index contributed by atoms with van der Waals surface area (Å²) in [4.78, 5) is 24.5. The fourth-order valence-corrected chi connectivity index (χ4v) is 2.93. The number of aryl methyl sites for hydroxylation is 1. The summed E-state index contributed by atoms with van der Waals surface area (Å²) in [7, 11) is 0. The van der Waals surface area contributed by atoms with E-state index in [1.165, 1.54) is 24.3 Å². The second-order valence-corrected chi connectivity index (χ2v) is 7.29. The first-order valence-electron chi connectivity index (χ1n) is 9.39. The standard InChI is InChI=1S/C23H18F3N3O2S/c1-14-5-7-15(8-6-14)21(31)29-22(32)28-18-11-9-16(10-12-18)20(30)27-19-4-2-3-17(13-19)23(24,25)26/h2-13H,1H3,(H,27,30)(H2,28,29,31,32). The summed E-state index contributed by atoms with van der Waals surface area (Å²) in [6, 6.07) is 17.5. The van der Waals surface area contributed by atoms with Gasteiger partial charge in [-0.3, -0.25) is 14.9 Å². The summed E-state index contributed by atoms with van der Waals surface area (Å²) in [5.74, 6) is -0.925. The van der Waals surface area contributed by atoms with Crippen LogP contribution in [0.3, 0.4) is 0 Å². The molecular weight excluding hydrogens is 439 g/mol. The Bertz CT molecular complexity index is 1140. The molecule has 0 radical (unpaired) electrons. The molecule has 0 aliphatic rings. The van der Waals surface area contributed by atoms with Crippen molar-refractivity contribution in [2.45, 2.75) is 13.1 Å². The van der Waals surface area contributed by atoms with Crippen molar-refractivity contribution in [3.63, 3.8) is 0 Å². The Balaban J connectivity index is 1.58. The van der Waals surface area contributed by atoms with Crippen molar-refractivity contribution in [2.75, 3.05) is 10.6 Å². The number of benzene rings is 3. The van der Waals surface area contributed by atoms with Gasteiger partial charge in [0.25, 0.3) is 11.8 Å². The summed E-state index contributed by atoms with van der Waals surface area (Å²) in [6.07, 6.45) is -4.50. The van der Waals surface area contributed by atoms with Crippen molar-refractivity contribution in [2.24, 2.45) is 0 Å². The highest BCUT2D eigenvalue weighted by molar-refractivity contribution is 7.80. The van der Waals surface area contributed by atoms with E-state index in [9.17, 15) is 22.8 Å². The third kappa shape index (κ3) is 6.14. The highest BCUT2D eigenvalue weighted by Crippen LogP contribution is 2.30. The van der Waals surface area contributed by atoms with Crippen molar-refractivity contribution >= 4 is 40.5 Å². The van der Waals surface area contributed by atoms with Crippen molar-refractivity contribution in [3.05, 3.63) is 95.1 Å². The molecule has 3 rings (SSSR count). The lowest BCUT2D eigenvalue weighted by molar-refractivity contribution is -0.137. The van der Waals surface area contributed by atoms with E-state index in [4.69, 9.17) is 12.2 Å². The molecule has 0 heterocycles. The van der Waals surface area contributed by atoms with Gasteiger partial charge in [0, 0.05) is 22.5 Å². The molecule has 0 saturated carbocycles. The average Bonchev–Trinajstić information content (AvgIpc) is 2.74. The number of amides is 2. The average molecular weight is 457 g/mol. The lowest BCUT2D eigenvalue weighted by Crippen LogP contribution is -2.34. The Morgan fingerprint density at radius 3 is 2.00 bits per heavy atom. The van der Waals surface area contributed by atoms with Gasteiger partial charge in [-0.1, -0.05) is 23.8 Å². The number of nitrogens with one attached hydrogen (secondary N) is 3. The van der Waals surface area contributed by atoms with Gasteiger partial charge in [-0.2, -0.15) is 13.2 Å². The second-order valence-electron chi connectivity index (χ2n) is 6.88. The van der Waals surface area contributed by atoms with Crippen LogP contribution in [0.25, 0.3) is 0 Å². The van der Waals surface area contributed by atoms with Crippen LogP contribution >= 0.6 is 12.2 Å². The summed E-state index contributed by atoms with van der Waals surface area (Å²) in [5.41, 5.74) is 1.43. The Morgan fingerprint density at radius 1 is 0.781 bits per heavy atom. The molecule has 0 aliphatic carbocycles. The molecule has 3 aromatic carbocycles. The maximum atomic E-state index is 12.8. The number of carbonyl (C=O) groups is 2. The molecular formula is C23H18F3N3O2S. The molecule has 0 aromatic heterocycles. The predicted molar refractivity (Wildman–Crippen MR) is 121 cm³/mol. The van der Waals surface area contributed by atoms with Gasteiger partial charge in [-0.25, -0.2) is 0 Å². The fraction of sp³-hybridized carbons (Fsp3) is 0.0870. The molecule has 5 nitrogen and oxygen atoms in total. The van der Waals surface area contributed by atoms with Gasteiger partial charge in [0.1, 0.15) is 0 Å². The molecule has 164 valence electrons. The summed E-state index contributed by atoms with van der Waals surface area (Å²) in [5, 5.41) is 7.92. The minimum absolute atomic E-state index is 0.0343. The summed E-state index contributed by atoms with van der Waals surface area (Å²) in [6.45, 7) is 1.91. The van der Waals surface area contributed by atoms with E-state index >= 15 is 0 Å². The molecule has 0 fully saturated rings. The topological polar surface area (TPSA) is 70.2 Å². The first-order chi connectivity index (χ1) is 15.1. The maximum absolute atomic E-state index is 12.8. The number of anilines is 2. The third-order valence-corrected chi connectivity index (χ3v) is 4.60. The minimum Gasteiger partial charge on any atom is -0.332 e. The van der Waals surface area contributed by atoms with Crippen molar-refractivity contribution in [1.29, 1.82) is 0 Å². The number of halogens is 3. The van der Waals surface area contributed by atoms with E-state index in [1.807, 2.05) is 19.1 Å². The molecule has 0 atom stereocenters. The van der Waals surface area contributed by atoms with Crippen LogP contribution in [-0.4, -0.2) is 16.9 Å². The molecule has 32 heavy (non-hydrogen) atoms. The zero-order valence-corrected chi connectivity index (χ0v) is 17.6. The predicted octanol–water partition coefficient (Wildman–Crippen LogP) is 5.39. The Morgan fingerprint density at radius 2 is 1.38 bits per heavy atom. The van der Waals surface area contributed by atoms with E-state index in [0.29, 0.717) is 11.3 Å². The number of hydrogen-bond donors (Lipinski definition) is 3. The Hall–Kier alpha value is -3.72. The molecule has 3 aromatic rings. The van der Waals surface area contributed by atoms with Crippen LogP contribution in [0.5, 0.6) is 0 Å². The fourth-order valence-electron chi connectivity index (χ4n) is 2.72. The highest BCUT2D eigenvalue weighted by atomic mass is 32.1. The molecule has 2 amide bonds. The molecule has 0 bridgehead atoms.